The van der Waals surface area contributed by atoms with Gasteiger partial charge in [-0.05, 0) is 12.1 Å². The van der Waals surface area contributed by atoms with E-state index in [1.807, 2.05) is 6.07 Å². The third-order valence-corrected chi connectivity index (χ3v) is 5.31. The standard InChI is InChI=1S/C20H10N4O6/c21-8-11-17(22)30-16-9-4-1-2-7-13(9)29-18(25)14(16)20(11)10-5-3-6-12(24(27)28)15(10)23-19(20)26/h1-7H,22H2,(H,23,26). The molecule has 1 amide bonds. The van der Waals surface area contributed by atoms with Crippen molar-refractivity contribution in [3.63, 3.8) is 0 Å². The highest BCUT2D eigenvalue weighted by Gasteiger charge is 2.60. The zero-order chi connectivity index (χ0) is 21.2. The van der Waals surface area contributed by atoms with E-state index < -0.39 is 21.9 Å². The van der Waals surface area contributed by atoms with E-state index in [9.17, 15) is 25.0 Å². The molecule has 0 bridgehead atoms. The minimum atomic E-state index is -2.04. The molecule has 3 aromatic rings. The van der Waals surface area contributed by atoms with Crippen LogP contribution in [0.2, 0.25) is 0 Å². The zero-order valence-corrected chi connectivity index (χ0v) is 15.0. The van der Waals surface area contributed by atoms with E-state index in [0.29, 0.717) is 5.39 Å². The molecule has 2 aliphatic rings. The van der Waals surface area contributed by atoms with E-state index in [1.54, 1.807) is 24.3 Å². The number of nitro groups is 1. The highest BCUT2D eigenvalue weighted by molar-refractivity contribution is 6.14. The third kappa shape index (κ3) is 1.90. The molecule has 2 aromatic carbocycles. The van der Waals surface area contributed by atoms with Gasteiger partial charge in [-0.3, -0.25) is 14.9 Å². The first-order valence-electron chi connectivity index (χ1n) is 8.65. The van der Waals surface area contributed by atoms with Crippen molar-refractivity contribution < 1.29 is 18.9 Å². The van der Waals surface area contributed by atoms with Crippen LogP contribution in [0, 0.1) is 21.4 Å². The van der Waals surface area contributed by atoms with Gasteiger partial charge in [0.05, 0.1) is 10.3 Å². The number of amides is 1. The van der Waals surface area contributed by atoms with Gasteiger partial charge in [0.25, 0.3) is 5.69 Å². The SMILES string of the molecule is N#CC1=C(N)Oc2c(c(=O)oc3ccccc23)C12C(=O)Nc1c([N+](=O)[O-])cccc12. The monoisotopic (exact) mass is 402 g/mol. The summed E-state index contributed by atoms with van der Waals surface area (Å²) in [7, 11) is 0. The summed E-state index contributed by atoms with van der Waals surface area (Å²) in [6, 6.07) is 12.3. The predicted molar refractivity (Wildman–Crippen MR) is 102 cm³/mol. The molecule has 0 saturated carbocycles. The fourth-order valence-electron chi connectivity index (χ4n) is 4.12. The Kier molecular flexibility index (Phi) is 3.30. The zero-order valence-electron chi connectivity index (χ0n) is 15.0. The van der Waals surface area contributed by atoms with Crippen LogP contribution in [0.4, 0.5) is 11.4 Å². The molecular formula is C20H10N4O6. The van der Waals surface area contributed by atoms with Gasteiger partial charge in [-0.2, -0.15) is 5.26 Å². The summed E-state index contributed by atoms with van der Waals surface area (Å²) in [5.74, 6) is -1.25. The second-order valence-electron chi connectivity index (χ2n) is 6.70. The van der Waals surface area contributed by atoms with Crippen LogP contribution in [-0.2, 0) is 10.2 Å². The lowest BCUT2D eigenvalue weighted by Crippen LogP contribution is -2.45. The van der Waals surface area contributed by atoms with Crippen molar-refractivity contribution >= 4 is 28.3 Å². The van der Waals surface area contributed by atoms with Crippen molar-refractivity contribution in [1.82, 2.24) is 0 Å². The smallest absolute Gasteiger partial charge is 0.345 e. The minimum Gasteiger partial charge on any atom is -0.439 e. The van der Waals surface area contributed by atoms with Crippen LogP contribution in [0.15, 0.2) is 63.1 Å². The Morgan fingerprint density at radius 2 is 1.93 bits per heavy atom. The fraction of sp³-hybridized carbons (Fsp3) is 0.0500. The summed E-state index contributed by atoms with van der Waals surface area (Å²) in [6.45, 7) is 0. The number of carbonyl (C=O) groups excluding carboxylic acids is 1. The van der Waals surface area contributed by atoms with Crippen LogP contribution in [-0.4, -0.2) is 10.8 Å². The highest BCUT2D eigenvalue weighted by atomic mass is 16.6. The van der Waals surface area contributed by atoms with Crippen molar-refractivity contribution in [3.8, 4) is 11.8 Å². The molecule has 3 heterocycles. The number of nitrogens with one attached hydrogen (secondary N) is 1. The molecule has 1 atom stereocenters. The number of nitrogens with zero attached hydrogens (tertiary/aromatic N) is 2. The number of para-hydroxylation sites is 2. The summed E-state index contributed by atoms with van der Waals surface area (Å²) in [5, 5.41) is 24.1. The first kappa shape index (κ1) is 17.4. The van der Waals surface area contributed by atoms with Gasteiger partial charge in [-0.25, -0.2) is 4.79 Å². The molecule has 0 radical (unpaired) electrons. The normalized spacial score (nSPS) is 19.1. The molecule has 1 aromatic heterocycles. The number of ether oxygens (including phenoxy) is 1. The molecule has 1 spiro atoms. The average molecular weight is 402 g/mol. The second kappa shape index (κ2) is 5.68. The predicted octanol–water partition coefficient (Wildman–Crippen LogP) is 2.03. The Morgan fingerprint density at radius 3 is 2.67 bits per heavy atom. The summed E-state index contributed by atoms with van der Waals surface area (Å²) < 4.78 is 11.0. The van der Waals surface area contributed by atoms with E-state index in [4.69, 9.17) is 14.9 Å². The van der Waals surface area contributed by atoms with Gasteiger partial charge in [0.1, 0.15) is 28.5 Å². The molecule has 1 unspecified atom stereocenters. The molecular weight excluding hydrogens is 392 g/mol. The van der Waals surface area contributed by atoms with Gasteiger partial charge >= 0.3 is 5.63 Å². The molecule has 10 nitrogen and oxygen atoms in total. The van der Waals surface area contributed by atoms with Gasteiger partial charge in [0.15, 0.2) is 11.2 Å². The van der Waals surface area contributed by atoms with Gasteiger partial charge in [0, 0.05) is 11.6 Å². The molecule has 3 N–H and O–H groups in total. The lowest BCUT2D eigenvalue weighted by molar-refractivity contribution is -0.383. The number of fused-ring (bicyclic) bond motifs is 6. The maximum absolute atomic E-state index is 13.3. The maximum Gasteiger partial charge on any atom is 0.345 e. The Morgan fingerprint density at radius 1 is 1.17 bits per heavy atom. The minimum absolute atomic E-state index is 0.0344. The summed E-state index contributed by atoms with van der Waals surface area (Å²) in [5.41, 5.74) is 2.18. The van der Waals surface area contributed by atoms with E-state index in [1.165, 1.54) is 18.2 Å². The van der Waals surface area contributed by atoms with Crippen molar-refractivity contribution in [1.29, 1.82) is 5.26 Å². The van der Waals surface area contributed by atoms with Gasteiger partial charge < -0.3 is 20.2 Å². The van der Waals surface area contributed by atoms with E-state index in [-0.39, 0.29) is 45.3 Å². The van der Waals surface area contributed by atoms with Crippen molar-refractivity contribution in [2.45, 2.75) is 5.41 Å². The summed E-state index contributed by atoms with van der Waals surface area (Å²) in [4.78, 5) is 37.2. The maximum atomic E-state index is 13.3. The first-order chi connectivity index (χ1) is 14.4. The van der Waals surface area contributed by atoms with Crippen LogP contribution in [0.25, 0.3) is 11.0 Å². The fourth-order valence-corrected chi connectivity index (χ4v) is 4.12. The Hall–Kier alpha value is -4.65. The first-order valence-corrected chi connectivity index (χ1v) is 8.65. The molecule has 30 heavy (non-hydrogen) atoms. The number of benzene rings is 2. The van der Waals surface area contributed by atoms with Crippen molar-refractivity contribution in [3.05, 3.63) is 85.6 Å². The third-order valence-electron chi connectivity index (χ3n) is 5.31. The molecule has 146 valence electrons. The Labute approximate surface area is 166 Å². The number of nitro benzene ring substituents is 1. The van der Waals surface area contributed by atoms with Crippen LogP contribution in [0.5, 0.6) is 5.75 Å². The van der Waals surface area contributed by atoms with Gasteiger partial charge in [0.2, 0.25) is 11.8 Å². The number of nitriles is 1. The summed E-state index contributed by atoms with van der Waals surface area (Å²) >= 11 is 0. The number of hydrogen-bond donors (Lipinski definition) is 2. The number of hydrogen-bond acceptors (Lipinski definition) is 8. The number of carbonyl (C=O) groups is 1. The molecule has 0 saturated heterocycles. The molecule has 2 aliphatic heterocycles. The summed E-state index contributed by atoms with van der Waals surface area (Å²) in [6.07, 6.45) is 0. The van der Waals surface area contributed by atoms with Crippen LogP contribution < -0.4 is 21.4 Å². The molecule has 0 fully saturated rings. The Bertz CT molecular complexity index is 1450. The molecule has 5 rings (SSSR count). The molecule has 10 heteroatoms. The van der Waals surface area contributed by atoms with Crippen LogP contribution >= 0.6 is 0 Å². The highest BCUT2D eigenvalue weighted by Crippen LogP contribution is 2.54. The quantitative estimate of drug-likeness (QED) is 0.355. The molecule has 0 aliphatic carbocycles. The number of rotatable bonds is 1. The van der Waals surface area contributed by atoms with E-state index in [0.717, 1.165) is 0 Å². The van der Waals surface area contributed by atoms with Gasteiger partial charge in [-0.15, -0.1) is 0 Å². The van der Waals surface area contributed by atoms with Crippen molar-refractivity contribution in [2.75, 3.05) is 5.32 Å². The average Bonchev–Trinajstić information content (AvgIpc) is 3.00. The lowest BCUT2D eigenvalue weighted by Gasteiger charge is -2.32. The largest absolute Gasteiger partial charge is 0.439 e. The van der Waals surface area contributed by atoms with Gasteiger partial charge in [-0.1, -0.05) is 24.3 Å². The van der Waals surface area contributed by atoms with Crippen LogP contribution in [0.3, 0.4) is 0 Å². The number of nitrogens with two attached hydrogens (primary N) is 1. The van der Waals surface area contributed by atoms with E-state index in [2.05, 4.69) is 5.32 Å². The number of anilines is 1. The Balaban J connectivity index is 2.01. The van der Waals surface area contributed by atoms with E-state index >= 15 is 0 Å². The topological polar surface area (TPSA) is 161 Å². The van der Waals surface area contributed by atoms with Crippen molar-refractivity contribution in [2.24, 2.45) is 5.73 Å². The van der Waals surface area contributed by atoms with Crippen LogP contribution in [0.1, 0.15) is 11.1 Å². The second-order valence-corrected chi connectivity index (χ2v) is 6.70. The lowest BCUT2D eigenvalue weighted by atomic mass is 9.69.